The monoisotopic (exact) mass is 194 g/mol. The van der Waals surface area contributed by atoms with Crippen LogP contribution in [0.5, 0.6) is 0 Å². The van der Waals surface area contributed by atoms with Gasteiger partial charge in [0.2, 0.25) is 0 Å². The van der Waals surface area contributed by atoms with Crippen LogP contribution in [0.15, 0.2) is 23.3 Å². The molecule has 1 aliphatic heterocycles. The first-order valence-electron chi connectivity index (χ1n) is 5.29. The molecule has 0 spiro atoms. The Morgan fingerprint density at radius 2 is 2.21 bits per heavy atom. The van der Waals surface area contributed by atoms with Crippen molar-refractivity contribution in [2.75, 3.05) is 6.61 Å². The summed E-state index contributed by atoms with van der Waals surface area (Å²) in [4.78, 5) is 0. The fraction of sp³-hybridized carbons (Fsp3) is 0.667. The first-order valence-corrected chi connectivity index (χ1v) is 5.29. The minimum atomic E-state index is -0.181. The molecule has 0 aromatic carbocycles. The topological polar surface area (TPSA) is 29.5 Å². The van der Waals surface area contributed by atoms with Crippen molar-refractivity contribution in [2.24, 2.45) is 5.92 Å². The molecule has 0 radical (unpaired) electrons. The van der Waals surface area contributed by atoms with Gasteiger partial charge < -0.3 is 9.84 Å². The molecule has 1 aliphatic carbocycles. The minimum absolute atomic E-state index is 0.181. The van der Waals surface area contributed by atoms with Gasteiger partial charge in [0.15, 0.2) is 0 Å². The Balaban J connectivity index is 2.02. The molecule has 0 aromatic rings. The Kier molecular flexibility index (Phi) is 2.75. The molecule has 2 nitrogen and oxygen atoms in total. The smallest absolute Gasteiger partial charge is 0.0687 e. The standard InChI is InChI=1S/C12H18O2/c1-8(2)3-4-9-5-11(13)10-7-14-12(10)6-9/h3-4,10-13H,5-7H2,1-2H3/b9-4+/t10-,11-,12-/m1/s1. The van der Waals surface area contributed by atoms with Crippen molar-refractivity contribution in [3.05, 3.63) is 23.3 Å². The molecule has 2 fully saturated rings. The molecule has 2 rings (SSSR count). The third-order valence-corrected chi connectivity index (χ3v) is 3.06. The number of aliphatic hydroxyl groups is 1. The normalized spacial score (nSPS) is 38.8. The molecule has 78 valence electrons. The summed E-state index contributed by atoms with van der Waals surface area (Å²) < 4.78 is 5.42. The highest BCUT2D eigenvalue weighted by molar-refractivity contribution is 5.20. The Hall–Kier alpha value is -0.600. The maximum atomic E-state index is 9.79. The third kappa shape index (κ3) is 1.91. The summed E-state index contributed by atoms with van der Waals surface area (Å²) in [6, 6.07) is 0. The van der Waals surface area contributed by atoms with E-state index < -0.39 is 0 Å². The summed E-state index contributed by atoms with van der Waals surface area (Å²) in [6.07, 6.45) is 6.19. The second kappa shape index (κ2) is 3.87. The summed E-state index contributed by atoms with van der Waals surface area (Å²) in [5.41, 5.74) is 2.61. The van der Waals surface area contributed by atoms with Crippen molar-refractivity contribution >= 4 is 0 Å². The van der Waals surface area contributed by atoms with Crippen LogP contribution in [0.25, 0.3) is 0 Å². The van der Waals surface area contributed by atoms with E-state index >= 15 is 0 Å². The van der Waals surface area contributed by atoms with E-state index in [0.29, 0.717) is 5.92 Å². The van der Waals surface area contributed by atoms with E-state index in [4.69, 9.17) is 4.74 Å². The molecular weight excluding hydrogens is 176 g/mol. The summed E-state index contributed by atoms with van der Waals surface area (Å²) in [7, 11) is 0. The highest BCUT2D eigenvalue weighted by Gasteiger charge is 2.41. The van der Waals surface area contributed by atoms with Crippen LogP contribution in [-0.2, 0) is 4.74 Å². The van der Waals surface area contributed by atoms with Crippen LogP contribution in [0.1, 0.15) is 26.7 Å². The van der Waals surface area contributed by atoms with E-state index in [0.717, 1.165) is 19.4 Å². The van der Waals surface area contributed by atoms with Crippen LogP contribution >= 0.6 is 0 Å². The van der Waals surface area contributed by atoms with Crippen molar-refractivity contribution < 1.29 is 9.84 Å². The zero-order chi connectivity index (χ0) is 10.1. The Bertz CT molecular complexity index is 264. The van der Waals surface area contributed by atoms with Crippen LogP contribution in [0.2, 0.25) is 0 Å². The van der Waals surface area contributed by atoms with Crippen LogP contribution in [0, 0.1) is 5.92 Å². The van der Waals surface area contributed by atoms with Gasteiger partial charge in [0.05, 0.1) is 18.8 Å². The van der Waals surface area contributed by atoms with Gasteiger partial charge in [-0.1, -0.05) is 23.3 Å². The number of allylic oxidation sites excluding steroid dienone is 3. The number of rotatable bonds is 1. The maximum absolute atomic E-state index is 9.79. The second-order valence-corrected chi connectivity index (χ2v) is 4.58. The summed E-state index contributed by atoms with van der Waals surface area (Å²) in [6.45, 7) is 4.92. The largest absolute Gasteiger partial charge is 0.392 e. The van der Waals surface area contributed by atoms with Gasteiger partial charge in [0, 0.05) is 5.92 Å². The zero-order valence-electron chi connectivity index (χ0n) is 8.86. The van der Waals surface area contributed by atoms with Gasteiger partial charge in [-0.25, -0.2) is 0 Å². The molecule has 1 heterocycles. The van der Waals surface area contributed by atoms with Gasteiger partial charge in [-0.2, -0.15) is 0 Å². The first-order chi connectivity index (χ1) is 6.66. The number of hydrogen-bond donors (Lipinski definition) is 1. The average molecular weight is 194 g/mol. The highest BCUT2D eigenvalue weighted by Crippen LogP contribution is 2.37. The number of aliphatic hydroxyl groups excluding tert-OH is 1. The second-order valence-electron chi connectivity index (χ2n) is 4.58. The molecule has 1 saturated heterocycles. The lowest BCUT2D eigenvalue weighted by atomic mass is 9.78. The number of ether oxygens (including phenoxy) is 1. The SMILES string of the molecule is CC(C)=C/C=C1\C[C@@H](O)[C@H]2CO[C@@H]2C1. The Morgan fingerprint density at radius 1 is 1.43 bits per heavy atom. The summed E-state index contributed by atoms with van der Waals surface area (Å²) in [5.74, 6) is 0.402. The quantitative estimate of drug-likeness (QED) is 0.692. The van der Waals surface area contributed by atoms with Gasteiger partial charge in [-0.15, -0.1) is 0 Å². The van der Waals surface area contributed by atoms with Gasteiger partial charge in [-0.05, 0) is 26.7 Å². The van der Waals surface area contributed by atoms with Gasteiger partial charge in [-0.3, -0.25) is 0 Å². The first kappa shape index (κ1) is 9.94. The van der Waals surface area contributed by atoms with Crippen LogP contribution in [-0.4, -0.2) is 23.9 Å². The zero-order valence-corrected chi connectivity index (χ0v) is 8.86. The van der Waals surface area contributed by atoms with Crippen molar-refractivity contribution in [3.8, 4) is 0 Å². The Labute approximate surface area is 85.3 Å². The Morgan fingerprint density at radius 3 is 2.71 bits per heavy atom. The van der Waals surface area contributed by atoms with Crippen LogP contribution in [0.4, 0.5) is 0 Å². The molecule has 14 heavy (non-hydrogen) atoms. The van der Waals surface area contributed by atoms with E-state index in [1.807, 2.05) is 0 Å². The van der Waals surface area contributed by atoms with E-state index in [1.165, 1.54) is 11.1 Å². The lowest BCUT2D eigenvalue weighted by Gasteiger charge is -2.44. The summed E-state index contributed by atoms with van der Waals surface area (Å²) in [5, 5.41) is 9.79. The lowest BCUT2D eigenvalue weighted by Crippen LogP contribution is -2.50. The minimum Gasteiger partial charge on any atom is -0.392 e. The van der Waals surface area contributed by atoms with E-state index in [-0.39, 0.29) is 12.2 Å². The maximum Gasteiger partial charge on any atom is 0.0687 e. The fourth-order valence-electron chi connectivity index (χ4n) is 2.09. The van der Waals surface area contributed by atoms with Crippen LogP contribution in [0.3, 0.4) is 0 Å². The molecule has 0 amide bonds. The van der Waals surface area contributed by atoms with Gasteiger partial charge in [0.1, 0.15) is 0 Å². The molecule has 2 aliphatic rings. The summed E-state index contributed by atoms with van der Waals surface area (Å²) >= 11 is 0. The van der Waals surface area contributed by atoms with E-state index in [9.17, 15) is 5.11 Å². The molecule has 3 atom stereocenters. The van der Waals surface area contributed by atoms with Crippen molar-refractivity contribution in [2.45, 2.75) is 38.9 Å². The van der Waals surface area contributed by atoms with Gasteiger partial charge in [0.25, 0.3) is 0 Å². The highest BCUT2D eigenvalue weighted by atomic mass is 16.5. The molecule has 1 saturated carbocycles. The van der Waals surface area contributed by atoms with Crippen LogP contribution < -0.4 is 0 Å². The molecule has 0 unspecified atom stereocenters. The molecular formula is C12H18O2. The molecule has 0 aromatic heterocycles. The number of fused-ring (bicyclic) bond motifs is 1. The van der Waals surface area contributed by atoms with E-state index in [1.54, 1.807) is 0 Å². The molecule has 1 N–H and O–H groups in total. The van der Waals surface area contributed by atoms with Crippen molar-refractivity contribution in [1.82, 2.24) is 0 Å². The molecule has 0 bridgehead atoms. The van der Waals surface area contributed by atoms with Gasteiger partial charge >= 0.3 is 0 Å². The van der Waals surface area contributed by atoms with Crippen molar-refractivity contribution in [1.29, 1.82) is 0 Å². The predicted octanol–water partition coefficient (Wildman–Crippen LogP) is 2.05. The number of hydrogen-bond acceptors (Lipinski definition) is 2. The van der Waals surface area contributed by atoms with E-state index in [2.05, 4.69) is 26.0 Å². The predicted molar refractivity (Wildman–Crippen MR) is 56.0 cm³/mol. The fourth-order valence-corrected chi connectivity index (χ4v) is 2.09. The van der Waals surface area contributed by atoms with Crippen molar-refractivity contribution in [3.63, 3.8) is 0 Å². The average Bonchev–Trinajstić information content (AvgIpc) is 2.05. The third-order valence-electron chi connectivity index (χ3n) is 3.06. The lowest BCUT2D eigenvalue weighted by molar-refractivity contribution is -0.167. The molecule has 2 heteroatoms.